The highest BCUT2D eigenvalue weighted by molar-refractivity contribution is 7.20. The zero-order chi connectivity index (χ0) is 14.2. The van der Waals surface area contributed by atoms with E-state index in [4.69, 9.17) is 0 Å². The summed E-state index contributed by atoms with van der Waals surface area (Å²) in [4.78, 5) is 18.6. The van der Waals surface area contributed by atoms with Crippen LogP contribution in [0, 0.1) is 20.8 Å². The fourth-order valence-corrected chi connectivity index (χ4v) is 3.43. The van der Waals surface area contributed by atoms with Crippen LogP contribution in [0.1, 0.15) is 46.8 Å². The summed E-state index contributed by atoms with van der Waals surface area (Å²) in [5.74, 6) is 0.0203. The third-order valence-corrected chi connectivity index (χ3v) is 4.61. The van der Waals surface area contributed by atoms with Crippen molar-refractivity contribution in [2.75, 3.05) is 0 Å². The second-order valence-electron chi connectivity index (χ2n) is 5.10. The predicted molar refractivity (Wildman–Crippen MR) is 81.1 cm³/mol. The summed E-state index contributed by atoms with van der Waals surface area (Å²) >= 11 is 1.49. The molecule has 2 aromatic rings. The fraction of sp³-hybridized carbons (Fsp3) is 0.467. The molecule has 0 aliphatic carbocycles. The third-order valence-electron chi connectivity index (χ3n) is 3.42. The molecule has 19 heavy (non-hydrogen) atoms. The molecule has 1 unspecified atom stereocenters. The van der Waals surface area contributed by atoms with Gasteiger partial charge in [-0.25, -0.2) is 4.98 Å². The molecule has 0 bridgehead atoms. The van der Waals surface area contributed by atoms with E-state index in [0.717, 1.165) is 32.8 Å². The number of hydrogen-bond donors (Lipinski definition) is 1. The zero-order valence-electron chi connectivity index (χ0n) is 12.1. The van der Waals surface area contributed by atoms with Gasteiger partial charge in [0, 0.05) is 17.1 Å². The first-order chi connectivity index (χ1) is 8.93. The van der Waals surface area contributed by atoms with Crippen molar-refractivity contribution in [2.45, 2.75) is 47.1 Å². The van der Waals surface area contributed by atoms with Gasteiger partial charge in [0.2, 0.25) is 0 Å². The van der Waals surface area contributed by atoms with E-state index < -0.39 is 0 Å². The van der Waals surface area contributed by atoms with Gasteiger partial charge in [-0.15, -0.1) is 11.3 Å². The summed E-state index contributed by atoms with van der Waals surface area (Å²) in [6.45, 7) is 10.2. The van der Waals surface area contributed by atoms with Crippen LogP contribution in [-0.4, -0.2) is 16.9 Å². The number of pyridine rings is 1. The predicted octanol–water partition coefficient (Wildman–Crippen LogP) is 3.75. The number of amides is 1. The minimum absolute atomic E-state index is 0.0203. The molecule has 4 heteroatoms. The molecule has 1 amide bonds. The van der Waals surface area contributed by atoms with Gasteiger partial charge in [0.1, 0.15) is 4.83 Å². The topological polar surface area (TPSA) is 42.0 Å². The fourth-order valence-electron chi connectivity index (χ4n) is 2.23. The van der Waals surface area contributed by atoms with Gasteiger partial charge < -0.3 is 5.32 Å². The lowest BCUT2D eigenvalue weighted by molar-refractivity contribution is 0.0943. The van der Waals surface area contributed by atoms with Crippen LogP contribution in [0.5, 0.6) is 0 Å². The van der Waals surface area contributed by atoms with Gasteiger partial charge >= 0.3 is 0 Å². The number of carbonyl (C=O) groups is 1. The van der Waals surface area contributed by atoms with Gasteiger partial charge in [-0.05, 0) is 51.3 Å². The minimum Gasteiger partial charge on any atom is -0.349 e. The number of aromatic nitrogens is 1. The van der Waals surface area contributed by atoms with E-state index in [1.165, 1.54) is 16.9 Å². The normalized spacial score (nSPS) is 12.7. The molecule has 0 aliphatic rings. The smallest absolute Gasteiger partial charge is 0.261 e. The molecule has 0 aromatic carbocycles. The Morgan fingerprint density at radius 3 is 2.74 bits per heavy atom. The number of nitrogens with zero attached hydrogens (tertiary/aromatic N) is 1. The molecule has 3 nitrogen and oxygen atoms in total. The quantitative estimate of drug-likeness (QED) is 0.927. The highest BCUT2D eigenvalue weighted by Gasteiger charge is 2.18. The van der Waals surface area contributed by atoms with Crippen molar-refractivity contribution in [3.8, 4) is 0 Å². The number of fused-ring (bicyclic) bond motifs is 1. The molecule has 1 atom stereocenters. The first-order valence-electron chi connectivity index (χ1n) is 6.62. The van der Waals surface area contributed by atoms with Gasteiger partial charge in [-0.1, -0.05) is 6.92 Å². The van der Waals surface area contributed by atoms with Crippen molar-refractivity contribution in [1.29, 1.82) is 0 Å². The Bertz CT molecular complexity index is 631. The molecule has 2 heterocycles. The molecule has 0 saturated carbocycles. The van der Waals surface area contributed by atoms with E-state index in [1.54, 1.807) is 0 Å². The summed E-state index contributed by atoms with van der Waals surface area (Å²) in [6, 6.07) is 2.27. The Balaban J connectivity index is 2.48. The number of rotatable bonds is 3. The number of aryl methyl sites for hydroxylation is 3. The maximum absolute atomic E-state index is 12.3. The summed E-state index contributed by atoms with van der Waals surface area (Å²) in [6.07, 6.45) is 0.937. The molecular formula is C15H20N2OS. The van der Waals surface area contributed by atoms with E-state index in [2.05, 4.69) is 30.2 Å². The number of nitrogens with one attached hydrogen (secondary N) is 1. The van der Waals surface area contributed by atoms with Crippen LogP contribution >= 0.6 is 11.3 Å². The summed E-state index contributed by atoms with van der Waals surface area (Å²) < 4.78 is 0. The van der Waals surface area contributed by atoms with Crippen molar-refractivity contribution >= 4 is 27.5 Å². The Morgan fingerprint density at radius 1 is 1.42 bits per heavy atom. The van der Waals surface area contributed by atoms with Gasteiger partial charge in [0.15, 0.2) is 0 Å². The highest BCUT2D eigenvalue weighted by Crippen LogP contribution is 2.32. The average Bonchev–Trinajstić information content (AvgIpc) is 2.66. The molecule has 0 spiro atoms. The highest BCUT2D eigenvalue weighted by atomic mass is 32.1. The van der Waals surface area contributed by atoms with Crippen molar-refractivity contribution in [1.82, 2.24) is 10.3 Å². The van der Waals surface area contributed by atoms with Crippen molar-refractivity contribution < 1.29 is 4.79 Å². The number of hydrogen-bond acceptors (Lipinski definition) is 3. The minimum atomic E-state index is 0.0203. The van der Waals surface area contributed by atoms with Gasteiger partial charge in [-0.2, -0.15) is 0 Å². The van der Waals surface area contributed by atoms with Crippen molar-refractivity contribution in [3.05, 3.63) is 27.8 Å². The monoisotopic (exact) mass is 276 g/mol. The lowest BCUT2D eigenvalue weighted by atomic mass is 10.1. The van der Waals surface area contributed by atoms with Crippen molar-refractivity contribution in [2.24, 2.45) is 0 Å². The Hall–Kier alpha value is -1.42. The molecule has 0 aliphatic heterocycles. The lowest BCUT2D eigenvalue weighted by Crippen LogP contribution is -2.31. The standard InChI is InChI=1S/C15H20N2OS/c1-6-9(3)16-14(18)13-11(5)12-8(2)7-10(4)17-15(12)19-13/h7,9H,6H2,1-5H3,(H,16,18). The molecule has 2 rings (SSSR count). The van der Waals surface area contributed by atoms with E-state index in [-0.39, 0.29) is 11.9 Å². The largest absolute Gasteiger partial charge is 0.349 e. The zero-order valence-corrected chi connectivity index (χ0v) is 12.9. The van der Waals surface area contributed by atoms with Crippen LogP contribution in [0.3, 0.4) is 0 Å². The maximum Gasteiger partial charge on any atom is 0.261 e. The van der Waals surface area contributed by atoms with E-state index in [9.17, 15) is 4.79 Å². The third kappa shape index (κ3) is 2.63. The van der Waals surface area contributed by atoms with Crippen LogP contribution in [0.2, 0.25) is 0 Å². The Labute approximate surface area is 118 Å². The first kappa shape index (κ1) is 14.0. The Kier molecular flexibility index (Phi) is 3.90. The van der Waals surface area contributed by atoms with Crippen molar-refractivity contribution in [3.63, 3.8) is 0 Å². The van der Waals surface area contributed by atoms with E-state index in [1.807, 2.05) is 20.8 Å². The number of thiophene rings is 1. The average molecular weight is 276 g/mol. The van der Waals surface area contributed by atoms with E-state index >= 15 is 0 Å². The second kappa shape index (κ2) is 5.29. The van der Waals surface area contributed by atoms with Crippen LogP contribution in [0.15, 0.2) is 6.07 Å². The summed E-state index contributed by atoms with van der Waals surface area (Å²) in [5.41, 5.74) is 3.24. The lowest BCUT2D eigenvalue weighted by Gasteiger charge is -2.10. The van der Waals surface area contributed by atoms with Crippen LogP contribution in [0.25, 0.3) is 10.2 Å². The first-order valence-corrected chi connectivity index (χ1v) is 7.43. The molecular weight excluding hydrogens is 256 g/mol. The molecule has 1 N–H and O–H groups in total. The van der Waals surface area contributed by atoms with Gasteiger partial charge in [0.05, 0.1) is 4.88 Å². The number of carbonyl (C=O) groups excluding carboxylic acids is 1. The van der Waals surface area contributed by atoms with Gasteiger partial charge in [0.25, 0.3) is 5.91 Å². The second-order valence-corrected chi connectivity index (χ2v) is 6.10. The molecule has 102 valence electrons. The maximum atomic E-state index is 12.3. The SMILES string of the molecule is CCC(C)NC(=O)c1sc2nc(C)cc(C)c2c1C. The van der Waals surface area contributed by atoms with Crippen LogP contribution in [0.4, 0.5) is 0 Å². The summed E-state index contributed by atoms with van der Waals surface area (Å²) in [5, 5.41) is 4.15. The van der Waals surface area contributed by atoms with Gasteiger partial charge in [-0.3, -0.25) is 4.79 Å². The molecule has 2 aromatic heterocycles. The van der Waals surface area contributed by atoms with E-state index in [0.29, 0.717) is 0 Å². The summed E-state index contributed by atoms with van der Waals surface area (Å²) in [7, 11) is 0. The van der Waals surface area contributed by atoms with Crippen LogP contribution < -0.4 is 5.32 Å². The Morgan fingerprint density at radius 2 is 2.11 bits per heavy atom. The molecule has 0 saturated heterocycles. The molecule has 0 fully saturated rings. The molecule has 0 radical (unpaired) electrons. The van der Waals surface area contributed by atoms with Crippen LogP contribution in [-0.2, 0) is 0 Å².